The number of carbonyl (C=O) groups excluding carboxylic acids is 1. The zero-order chi connectivity index (χ0) is 23.4. The number of nitrogens with one attached hydrogen (secondary N) is 1. The van der Waals surface area contributed by atoms with Crippen molar-refractivity contribution in [3.63, 3.8) is 0 Å². The van der Waals surface area contributed by atoms with Gasteiger partial charge in [-0.05, 0) is 69.2 Å². The predicted molar refractivity (Wildman–Crippen MR) is 130 cm³/mol. The van der Waals surface area contributed by atoms with Gasteiger partial charge in [-0.25, -0.2) is 5.48 Å². The number of nitrogens with zero attached hydrogens (tertiary/aromatic N) is 3. The average Bonchev–Trinajstić information content (AvgIpc) is 2.90. The first kappa shape index (κ1) is 27.1. The minimum atomic E-state index is -0.504. The van der Waals surface area contributed by atoms with Gasteiger partial charge in [-0.2, -0.15) is 0 Å². The molecule has 0 atom stereocenters. The second-order valence-electron chi connectivity index (χ2n) is 9.67. The molecule has 1 amide bonds. The molecule has 6 heteroatoms. The number of hydrogen-bond acceptors (Lipinski definition) is 4. The number of hydrogen-bond donors (Lipinski definition) is 2. The van der Waals surface area contributed by atoms with E-state index in [0.717, 1.165) is 63.1 Å². The van der Waals surface area contributed by atoms with Crippen LogP contribution in [-0.2, 0) is 4.79 Å². The number of aliphatic imine (C=N–C) groups is 1. The van der Waals surface area contributed by atoms with Crippen molar-refractivity contribution in [3.05, 3.63) is 35.1 Å². The molecule has 31 heavy (non-hydrogen) atoms. The molecule has 0 bridgehead atoms. The van der Waals surface area contributed by atoms with Crippen LogP contribution in [0.3, 0.4) is 0 Å². The van der Waals surface area contributed by atoms with Gasteiger partial charge in [0.1, 0.15) is 5.84 Å². The van der Waals surface area contributed by atoms with Gasteiger partial charge in [0.25, 0.3) is 5.91 Å². The molecular formula is C25H44N4O2. The van der Waals surface area contributed by atoms with Crippen LogP contribution in [-0.4, -0.2) is 60.5 Å². The summed E-state index contributed by atoms with van der Waals surface area (Å²) in [5.74, 6) is 0.642. The molecule has 1 aliphatic carbocycles. The maximum Gasteiger partial charge on any atom is 0.267 e. The minimum absolute atomic E-state index is 0.342. The molecular weight excluding hydrogens is 388 g/mol. The summed E-state index contributed by atoms with van der Waals surface area (Å²) in [5, 5.41) is 8.71. The van der Waals surface area contributed by atoms with Crippen LogP contribution >= 0.6 is 0 Å². The van der Waals surface area contributed by atoms with Crippen molar-refractivity contribution >= 4 is 11.7 Å². The van der Waals surface area contributed by atoms with Crippen LogP contribution in [0.15, 0.2) is 40.1 Å². The van der Waals surface area contributed by atoms with Crippen LogP contribution in [0.1, 0.15) is 73.1 Å². The van der Waals surface area contributed by atoms with Gasteiger partial charge in [0, 0.05) is 38.3 Å². The topological polar surface area (TPSA) is 68.2 Å². The highest BCUT2D eigenvalue weighted by Gasteiger charge is 2.20. The molecule has 0 saturated carbocycles. The summed E-state index contributed by atoms with van der Waals surface area (Å²) in [5.41, 5.74) is 5.64. The standard InChI is InChI=1S/C25H44N4O2/c1-8-10-23(26-6)29(18-17-28(7)16-15-25(3,4)5)22-12-9-11-21(19-20(22)2)13-14-24(30)27-31/h13-14,19,31H,8-12,15-18H2,1-7H3,(H,27,30)/b14-13+,26-23?. The average molecular weight is 433 g/mol. The van der Waals surface area contributed by atoms with E-state index in [-0.39, 0.29) is 0 Å². The quantitative estimate of drug-likeness (QED) is 0.169. The molecule has 176 valence electrons. The number of allylic oxidation sites excluding steroid dienone is 5. The third kappa shape index (κ3) is 10.3. The number of likely N-dealkylation sites (N-methyl/N-ethyl adjacent to an activating group) is 1. The molecule has 0 aromatic carbocycles. The summed E-state index contributed by atoms with van der Waals surface area (Å²) in [6.07, 6.45) is 11.5. The van der Waals surface area contributed by atoms with Gasteiger partial charge in [0.15, 0.2) is 0 Å². The Balaban J connectivity index is 3.07. The predicted octanol–water partition coefficient (Wildman–Crippen LogP) is 4.93. The maximum absolute atomic E-state index is 11.3. The summed E-state index contributed by atoms with van der Waals surface area (Å²) >= 11 is 0. The molecule has 0 heterocycles. The zero-order valence-electron chi connectivity index (χ0n) is 20.8. The second-order valence-corrected chi connectivity index (χ2v) is 9.67. The van der Waals surface area contributed by atoms with Crippen LogP contribution in [0.25, 0.3) is 0 Å². The van der Waals surface area contributed by atoms with Gasteiger partial charge in [-0.15, -0.1) is 0 Å². The van der Waals surface area contributed by atoms with Crippen molar-refractivity contribution in [2.45, 2.75) is 73.1 Å². The molecule has 0 aromatic heterocycles. The van der Waals surface area contributed by atoms with E-state index in [0.29, 0.717) is 5.41 Å². The summed E-state index contributed by atoms with van der Waals surface area (Å²) in [6.45, 7) is 14.2. The van der Waals surface area contributed by atoms with Crippen molar-refractivity contribution in [3.8, 4) is 0 Å². The summed E-state index contributed by atoms with van der Waals surface area (Å²) in [4.78, 5) is 20.8. The Labute approximate surface area is 189 Å². The van der Waals surface area contributed by atoms with Crippen molar-refractivity contribution in [2.24, 2.45) is 10.4 Å². The first-order chi connectivity index (χ1) is 14.6. The Hall–Kier alpha value is -1.92. The van der Waals surface area contributed by atoms with E-state index in [1.807, 2.05) is 7.05 Å². The van der Waals surface area contributed by atoms with Gasteiger partial charge in [0.05, 0.1) is 0 Å². The largest absolute Gasteiger partial charge is 0.332 e. The number of amidine groups is 1. The number of hydroxylamine groups is 1. The molecule has 0 saturated heterocycles. The van der Waals surface area contributed by atoms with Crippen molar-refractivity contribution in [1.82, 2.24) is 15.3 Å². The monoisotopic (exact) mass is 432 g/mol. The summed E-state index contributed by atoms with van der Waals surface area (Å²) < 4.78 is 0. The van der Waals surface area contributed by atoms with E-state index >= 15 is 0 Å². The number of rotatable bonds is 10. The highest BCUT2D eigenvalue weighted by Crippen LogP contribution is 2.27. The van der Waals surface area contributed by atoms with Crippen molar-refractivity contribution in [1.29, 1.82) is 0 Å². The Morgan fingerprint density at radius 3 is 2.55 bits per heavy atom. The first-order valence-electron chi connectivity index (χ1n) is 11.6. The fraction of sp³-hybridized carbons (Fsp3) is 0.680. The summed E-state index contributed by atoms with van der Waals surface area (Å²) in [6, 6.07) is 0. The Morgan fingerprint density at radius 2 is 1.97 bits per heavy atom. The van der Waals surface area contributed by atoms with Gasteiger partial charge in [-0.3, -0.25) is 15.0 Å². The molecule has 0 spiro atoms. The molecule has 1 rings (SSSR count). The normalized spacial score (nSPS) is 16.0. The lowest BCUT2D eigenvalue weighted by atomic mass is 9.92. The van der Waals surface area contributed by atoms with Gasteiger partial charge in [0.2, 0.25) is 0 Å². The molecule has 1 aliphatic rings. The molecule has 0 aliphatic heterocycles. The van der Waals surface area contributed by atoms with Crippen LogP contribution in [0.5, 0.6) is 0 Å². The Morgan fingerprint density at radius 1 is 1.26 bits per heavy atom. The molecule has 0 unspecified atom stereocenters. The smallest absolute Gasteiger partial charge is 0.267 e. The Bertz CT molecular complexity index is 699. The van der Waals surface area contributed by atoms with E-state index < -0.39 is 5.91 Å². The van der Waals surface area contributed by atoms with Crippen LogP contribution in [0.4, 0.5) is 0 Å². The van der Waals surface area contributed by atoms with E-state index in [1.165, 1.54) is 23.8 Å². The van der Waals surface area contributed by atoms with Crippen LogP contribution in [0, 0.1) is 5.41 Å². The molecule has 0 radical (unpaired) electrons. The lowest BCUT2D eigenvalue weighted by Gasteiger charge is -2.32. The Kier molecular flexibility index (Phi) is 11.8. The molecule has 0 aromatic rings. The number of carbonyl (C=O) groups is 1. The van der Waals surface area contributed by atoms with E-state index in [9.17, 15) is 4.79 Å². The highest BCUT2D eigenvalue weighted by atomic mass is 16.5. The van der Waals surface area contributed by atoms with Crippen molar-refractivity contribution in [2.75, 3.05) is 33.7 Å². The minimum Gasteiger partial charge on any atom is -0.332 e. The number of amides is 1. The van der Waals surface area contributed by atoms with Gasteiger partial charge in [-0.1, -0.05) is 39.8 Å². The van der Waals surface area contributed by atoms with E-state index in [4.69, 9.17) is 5.21 Å². The lowest BCUT2D eigenvalue weighted by Crippen LogP contribution is -2.38. The van der Waals surface area contributed by atoms with Crippen LogP contribution < -0.4 is 5.48 Å². The second kappa shape index (κ2) is 13.5. The van der Waals surface area contributed by atoms with E-state index in [1.54, 1.807) is 11.6 Å². The highest BCUT2D eigenvalue weighted by molar-refractivity contribution is 5.87. The molecule has 0 fully saturated rings. The SMILES string of the molecule is CCCC(=NC)N(CCN(C)CCC(C)(C)C)C1=C(C)C=C(/C=C/C(=O)NO)CCC1. The first-order valence-corrected chi connectivity index (χ1v) is 11.6. The van der Waals surface area contributed by atoms with Gasteiger partial charge >= 0.3 is 0 Å². The maximum atomic E-state index is 11.3. The van der Waals surface area contributed by atoms with Crippen LogP contribution in [0.2, 0.25) is 0 Å². The van der Waals surface area contributed by atoms with E-state index in [2.05, 4.69) is 62.5 Å². The lowest BCUT2D eigenvalue weighted by molar-refractivity contribution is -0.124. The fourth-order valence-electron chi connectivity index (χ4n) is 3.71. The third-order valence-electron chi connectivity index (χ3n) is 5.61. The fourth-order valence-corrected chi connectivity index (χ4v) is 3.71. The summed E-state index contributed by atoms with van der Waals surface area (Å²) in [7, 11) is 4.10. The zero-order valence-corrected chi connectivity index (χ0v) is 20.8. The van der Waals surface area contributed by atoms with Crippen molar-refractivity contribution < 1.29 is 10.0 Å². The molecule has 6 nitrogen and oxygen atoms in total. The molecule has 2 N–H and O–H groups in total. The third-order valence-corrected chi connectivity index (χ3v) is 5.61. The van der Waals surface area contributed by atoms with Gasteiger partial charge < -0.3 is 9.80 Å².